The molecule has 2 aliphatic heterocycles. The van der Waals surface area contributed by atoms with Gasteiger partial charge in [0, 0.05) is 74.8 Å². The van der Waals surface area contributed by atoms with E-state index in [0.29, 0.717) is 66.8 Å². The number of halogens is 2. The zero-order valence-corrected chi connectivity index (χ0v) is 31.6. The van der Waals surface area contributed by atoms with E-state index in [9.17, 15) is 9.59 Å². The van der Waals surface area contributed by atoms with Crippen LogP contribution in [0.5, 0.6) is 11.8 Å². The summed E-state index contributed by atoms with van der Waals surface area (Å²) in [6.07, 6.45) is 4.03. The largest absolute Gasteiger partial charge is 0.481 e. The molecule has 3 aliphatic rings. The van der Waals surface area contributed by atoms with Crippen molar-refractivity contribution in [2.75, 3.05) is 20.2 Å². The first-order valence-corrected chi connectivity index (χ1v) is 19.0. The first kappa shape index (κ1) is 36.2. The van der Waals surface area contributed by atoms with E-state index in [-0.39, 0.29) is 41.0 Å². The van der Waals surface area contributed by atoms with Gasteiger partial charge in [-0.05, 0) is 48.4 Å². The fourth-order valence-corrected chi connectivity index (χ4v) is 8.18. The molecule has 15 heteroatoms. The maximum Gasteiger partial charge on any atom is 0.254 e. The van der Waals surface area contributed by atoms with Gasteiger partial charge in [0.15, 0.2) is 10.8 Å². The second-order valence-corrected chi connectivity index (χ2v) is 14.7. The Morgan fingerprint density at radius 3 is 2.24 bits per heavy atom. The molecule has 3 aromatic heterocycles. The van der Waals surface area contributed by atoms with Crippen LogP contribution in [-0.4, -0.2) is 68.8 Å². The van der Waals surface area contributed by atoms with Crippen molar-refractivity contribution in [3.63, 3.8) is 0 Å². The van der Waals surface area contributed by atoms with Crippen molar-refractivity contribution in [3.8, 4) is 34.1 Å². The van der Waals surface area contributed by atoms with E-state index < -0.39 is 0 Å². The van der Waals surface area contributed by atoms with Gasteiger partial charge in [0.25, 0.3) is 5.88 Å². The van der Waals surface area contributed by atoms with E-state index in [1.165, 1.54) is 0 Å². The van der Waals surface area contributed by atoms with E-state index in [1.807, 2.05) is 43.4 Å². The lowest BCUT2D eigenvalue weighted by Crippen LogP contribution is -2.35. The van der Waals surface area contributed by atoms with Crippen molar-refractivity contribution < 1.29 is 19.1 Å². The van der Waals surface area contributed by atoms with Crippen LogP contribution >= 0.6 is 23.2 Å². The van der Waals surface area contributed by atoms with Crippen LogP contribution < -0.4 is 30.7 Å². The highest BCUT2D eigenvalue weighted by atomic mass is 35.5. The molecule has 2 aromatic carbocycles. The van der Waals surface area contributed by atoms with Crippen LogP contribution in [0.25, 0.3) is 33.5 Å². The molecule has 0 spiro atoms. The Kier molecular flexibility index (Phi) is 10.4. The topological polar surface area (TPSA) is 157 Å². The molecule has 4 N–H and O–H groups in total. The number of benzene rings is 2. The predicted molar refractivity (Wildman–Crippen MR) is 205 cm³/mol. The van der Waals surface area contributed by atoms with Gasteiger partial charge in [0.2, 0.25) is 17.7 Å². The monoisotopic (exact) mass is 769 g/mol. The summed E-state index contributed by atoms with van der Waals surface area (Å²) in [4.78, 5) is 37.4. The van der Waals surface area contributed by atoms with Crippen molar-refractivity contribution in [3.05, 3.63) is 81.1 Å². The summed E-state index contributed by atoms with van der Waals surface area (Å²) in [7, 11) is 3.43. The molecule has 3 atom stereocenters. The Labute approximate surface area is 322 Å². The van der Waals surface area contributed by atoms with E-state index >= 15 is 0 Å². The Bertz CT molecular complexity index is 2250. The van der Waals surface area contributed by atoms with E-state index in [4.69, 9.17) is 42.6 Å². The molecule has 0 saturated carbocycles. The molecular weight excluding hydrogens is 729 g/mol. The van der Waals surface area contributed by atoms with Crippen molar-refractivity contribution in [2.45, 2.75) is 69.8 Å². The number of carbonyl (C=O) groups excluding carboxylic acids is 2. The highest BCUT2D eigenvalue weighted by Crippen LogP contribution is 2.44. The van der Waals surface area contributed by atoms with Crippen molar-refractivity contribution in [1.82, 2.24) is 46.0 Å². The summed E-state index contributed by atoms with van der Waals surface area (Å²) >= 11 is 13.9. The highest BCUT2D eigenvalue weighted by molar-refractivity contribution is 6.36. The molecule has 0 bridgehead atoms. The average molecular weight is 771 g/mol. The number of hydrogen-bond donors (Lipinski definition) is 4. The maximum atomic E-state index is 11.5. The number of pyridine rings is 1. The van der Waals surface area contributed by atoms with Gasteiger partial charge in [-0.3, -0.25) is 9.59 Å². The van der Waals surface area contributed by atoms with E-state index in [1.54, 1.807) is 11.8 Å². The number of nitrogens with one attached hydrogen (secondary N) is 4. The molecule has 8 rings (SSSR count). The molecule has 0 radical (unpaired) electrons. The SMILES string of the molecule is COc1nc(-c2cccc(-c3cccc4c3CC[C@@H]4Oc3nc4c(nc3Cl)c(CNC[C@@H]3CCC(=O)N3)nn4C)c2Cl)ccc1CNC[C@@H]1CCC(=O)N1. The first-order valence-electron chi connectivity index (χ1n) is 18.3. The zero-order valence-electron chi connectivity index (χ0n) is 30.0. The quantitative estimate of drug-likeness (QED) is 0.125. The molecule has 2 saturated heterocycles. The van der Waals surface area contributed by atoms with Crippen LogP contribution in [0.3, 0.4) is 0 Å². The summed E-state index contributed by atoms with van der Waals surface area (Å²) in [5, 5.41) is 18.1. The predicted octanol–water partition coefficient (Wildman–Crippen LogP) is 5.21. The third-order valence-electron chi connectivity index (χ3n) is 10.4. The van der Waals surface area contributed by atoms with Crippen LogP contribution in [0, 0.1) is 0 Å². The lowest BCUT2D eigenvalue weighted by molar-refractivity contribution is -0.120. The maximum absolute atomic E-state index is 11.5. The number of nitrogens with zero attached hydrogens (tertiary/aromatic N) is 5. The minimum Gasteiger partial charge on any atom is -0.481 e. The average Bonchev–Trinajstić information content (AvgIpc) is 3.96. The standard InChI is InChI=1S/C39H41Cl2N9O4/c1-50-37-35(30(49-50)20-43-19-23-11-16-33(52)45-23)47-36(41)39(48-37)54-31-14-12-25-24(5-3-6-26(25)31)27-7-4-8-28(34(27)40)29-13-9-21(38(46-29)53-2)17-42-18-22-10-15-32(51)44-22/h3-9,13,22-23,31,42-43H,10-12,14-20H2,1-2H3,(H,44,51)(H,45,52)/t22-,23-,31-/m0/s1. The number of carbonyl (C=O) groups is 2. The minimum atomic E-state index is -0.279. The fraction of sp³-hybridized carbons (Fsp3) is 0.385. The molecule has 2 amide bonds. The van der Waals surface area contributed by atoms with Gasteiger partial charge in [-0.2, -0.15) is 10.1 Å². The van der Waals surface area contributed by atoms with Crippen LogP contribution in [0.4, 0.5) is 0 Å². The summed E-state index contributed by atoms with van der Waals surface area (Å²) in [6, 6.07) is 16.4. The summed E-state index contributed by atoms with van der Waals surface area (Å²) in [5.74, 6) is 0.967. The van der Waals surface area contributed by atoms with E-state index in [2.05, 4.69) is 43.5 Å². The van der Waals surface area contributed by atoms with Gasteiger partial charge in [-0.15, -0.1) is 0 Å². The molecule has 280 valence electrons. The number of rotatable bonds is 13. The van der Waals surface area contributed by atoms with Crippen molar-refractivity contribution in [1.29, 1.82) is 0 Å². The van der Waals surface area contributed by atoms with Gasteiger partial charge < -0.3 is 30.7 Å². The Balaban J connectivity index is 0.987. The third kappa shape index (κ3) is 7.33. The van der Waals surface area contributed by atoms with Gasteiger partial charge in [0.05, 0.1) is 17.8 Å². The highest BCUT2D eigenvalue weighted by Gasteiger charge is 2.30. The Morgan fingerprint density at radius 2 is 1.52 bits per heavy atom. The van der Waals surface area contributed by atoms with Gasteiger partial charge >= 0.3 is 0 Å². The second-order valence-electron chi connectivity index (χ2n) is 14.0. The molecule has 13 nitrogen and oxygen atoms in total. The van der Waals surface area contributed by atoms with Gasteiger partial charge in [0.1, 0.15) is 17.3 Å². The van der Waals surface area contributed by atoms with Crippen LogP contribution in [0.15, 0.2) is 48.5 Å². The van der Waals surface area contributed by atoms with Crippen molar-refractivity contribution in [2.24, 2.45) is 7.05 Å². The smallest absolute Gasteiger partial charge is 0.254 e. The summed E-state index contributed by atoms with van der Waals surface area (Å²) in [5.41, 5.74) is 8.48. The number of fused-ring (bicyclic) bond motifs is 2. The summed E-state index contributed by atoms with van der Waals surface area (Å²) < 4.78 is 13.9. The van der Waals surface area contributed by atoms with Gasteiger partial charge in [-0.1, -0.05) is 65.7 Å². The van der Waals surface area contributed by atoms with Gasteiger partial charge in [-0.25, -0.2) is 14.6 Å². The number of amides is 2. The van der Waals surface area contributed by atoms with Crippen LogP contribution in [0.2, 0.25) is 10.2 Å². The normalized spacial score (nSPS) is 19.3. The molecule has 2 fully saturated rings. The summed E-state index contributed by atoms with van der Waals surface area (Å²) in [6.45, 7) is 2.35. The lowest BCUT2D eigenvalue weighted by Gasteiger charge is -2.17. The number of ether oxygens (including phenoxy) is 2. The minimum absolute atomic E-state index is 0.0876. The Hall–Kier alpha value is -4.82. The number of methoxy groups -OCH3 is 1. The lowest BCUT2D eigenvalue weighted by atomic mass is 9.94. The number of hydrogen-bond acceptors (Lipinski definition) is 10. The van der Waals surface area contributed by atoms with Crippen LogP contribution in [-0.2, 0) is 36.1 Å². The molecule has 5 heterocycles. The molecule has 0 unspecified atom stereocenters. The van der Waals surface area contributed by atoms with Crippen molar-refractivity contribution >= 4 is 46.2 Å². The van der Waals surface area contributed by atoms with E-state index in [0.717, 1.165) is 64.8 Å². The molecule has 1 aliphatic carbocycles. The first-order chi connectivity index (χ1) is 26.2. The molecule has 54 heavy (non-hydrogen) atoms. The molecular formula is C39H41Cl2N9O4. The number of aryl methyl sites for hydroxylation is 1. The fourth-order valence-electron chi connectivity index (χ4n) is 7.68. The number of aromatic nitrogens is 5. The third-order valence-corrected chi connectivity index (χ3v) is 11.0. The zero-order chi connectivity index (χ0) is 37.3. The van der Waals surface area contributed by atoms with Crippen LogP contribution in [0.1, 0.15) is 60.6 Å². The Morgan fingerprint density at radius 1 is 0.815 bits per heavy atom. The second kappa shape index (κ2) is 15.5. The molecule has 5 aromatic rings.